The number of pyridine rings is 1. The topological polar surface area (TPSA) is 64.0 Å². The molecule has 0 radical (unpaired) electrons. The lowest BCUT2D eigenvalue weighted by Crippen LogP contribution is -2.43. The lowest BCUT2D eigenvalue weighted by atomic mass is 10.1. The SMILES string of the molecule is CC(C)N(/C(Cc1ccccn1)=N\P(=O)(Oc1ccccc1)Oc1ccccc1)C(C)C. The summed E-state index contributed by atoms with van der Waals surface area (Å²) < 4.78 is 30.4. The quantitative estimate of drug-likeness (QED) is 0.214. The summed E-state index contributed by atoms with van der Waals surface area (Å²) in [4.78, 5) is 6.55. The number of rotatable bonds is 9. The van der Waals surface area contributed by atoms with Gasteiger partial charge < -0.3 is 13.9 Å². The van der Waals surface area contributed by atoms with Gasteiger partial charge in [0.15, 0.2) is 0 Å². The Balaban J connectivity index is 2.07. The van der Waals surface area contributed by atoms with Crippen molar-refractivity contribution in [1.82, 2.24) is 9.88 Å². The van der Waals surface area contributed by atoms with E-state index in [1.165, 1.54) is 0 Å². The average molecular weight is 452 g/mol. The predicted octanol–water partition coefficient (Wildman–Crippen LogP) is 6.41. The second-order valence-electron chi connectivity index (χ2n) is 7.89. The summed E-state index contributed by atoms with van der Waals surface area (Å²) in [7, 11) is -3.97. The summed E-state index contributed by atoms with van der Waals surface area (Å²) in [6.45, 7) is 8.31. The molecule has 6 nitrogen and oxygen atoms in total. The molecule has 0 bridgehead atoms. The van der Waals surface area contributed by atoms with E-state index in [1.807, 2.05) is 54.6 Å². The van der Waals surface area contributed by atoms with Gasteiger partial charge in [-0.2, -0.15) is 0 Å². The number of hydrogen-bond acceptors (Lipinski definition) is 4. The average Bonchev–Trinajstić information content (AvgIpc) is 2.75. The number of nitrogens with zero attached hydrogens (tertiary/aromatic N) is 3. The minimum Gasteiger partial charge on any atom is -0.399 e. The van der Waals surface area contributed by atoms with Crippen LogP contribution in [0.15, 0.2) is 89.8 Å². The monoisotopic (exact) mass is 451 g/mol. The molecular weight excluding hydrogens is 421 g/mol. The Morgan fingerprint density at radius 2 is 1.34 bits per heavy atom. The van der Waals surface area contributed by atoms with Crippen LogP contribution in [-0.2, 0) is 11.0 Å². The van der Waals surface area contributed by atoms with Gasteiger partial charge in [0.25, 0.3) is 0 Å². The van der Waals surface area contributed by atoms with E-state index in [-0.39, 0.29) is 12.1 Å². The molecule has 0 atom stereocenters. The molecule has 1 heterocycles. The first-order chi connectivity index (χ1) is 15.4. The van der Waals surface area contributed by atoms with E-state index in [1.54, 1.807) is 30.5 Å². The molecule has 3 aromatic rings. The molecular formula is C25H30N3O3P. The fraction of sp³-hybridized carbons (Fsp3) is 0.280. The van der Waals surface area contributed by atoms with Gasteiger partial charge in [-0.3, -0.25) is 4.98 Å². The minimum absolute atomic E-state index is 0.124. The highest BCUT2D eigenvalue weighted by molar-refractivity contribution is 7.53. The molecule has 1 aromatic heterocycles. The molecule has 3 rings (SSSR count). The van der Waals surface area contributed by atoms with Gasteiger partial charge in [0.1, 0.15) is 17.3 Å². The number of hydrogen-bond donors (Lipinski definition) is 0. The van der Waals surface area contributed by atoms with Crippen molar-refractivity contribution in [3.63, 3.8) is 0 Å². The van der Waals surface area contributed by atoms with Crippen LogP contribution in [0.4, 0.5) is 0 Å². The summed E-state index contributed by atoms with van der Waals surface area (Å²) in [5.41, 5.74) is 0.823. The van der Waals surface area contributed by atoms with Crippen LogP contribution in [0.5, 0.6) is 11.5 Å². The Hall–Kier alpha value is -3.11. The van der Waals surface area contributed by atoms with Crippen molar-refractivity contribution >= 4 is 13.6 Å². The first-order valence-corrected chi connectivity index (χ1v) is 12.2. The largest absolute Gasteiger partial charge is 0.564 e. The van der Waals surface area contributed by atoms with Crippen molar-refractivity contribution in [2.45, 2.75) is 46.2 Å². The van der Waals surface area contributed by atoms with Crippen LogP contribution in [-0.4, -0.2) is 27.8 Å². The number of para-hydroxylation sites is 2. The molecule has 0 unspecified atom stereocenters. The summed E-state index contributed by atoms with van der Waals surface area (Å²) in [6.07, 6.45) is 2.14. The number of aromatic nitrogens is 1. The van der Waals surface area contributed by atoms with Crippen LogP contribution < -0.4 is 9.05 Å². The van der Waals surface area contributed by atoms with Gasteiger partial charge >= 0.3 is 7.75 Å². The van der Waals surface area contributed by atoms with Crippen LogP contribution in [0.25, 0.3) is 0 Å². The highest BCUT2D eigenvalue weighted by Gasteiger charge is 2.32. The van der Waals surface area contributed by atoms with Crippen molar-refractivity contribution in [2.24, 2.45) is 4.76 Å². The maximum Gasteiger partial charge on any atom is 0.564 e. The molecule has 0 aliphatic heterocycles. The fourth-order valence-corrected chi connectivity index (χ4v) is 4.82. The second-order valence-corrected chi connectivity index (χ2v) is 9.39. The minimum atomic E-state index is -3.97. The van der Waals surface area contributed by atoms with Crippen LogP contribution in [0.1, 0.15) is 33.4 Å². The molecule has 32 heavy (non-hydrogen) atoms. The number of amidine groups is 1. The molecule has 0 saturated carbocycles. The van der Waals surface area contributed by atoms with Crippen LogP contribution in [0.2, 0.25) is 0 Å². The Labute approximate surface area is 190 Å². The van der Waals surface area contributed by atoms with Crippen LogP contribution in [0, 0.1) is 0 Å². The van der Waals surface area contributed by atoms with E-state index in [2.05, 4.69) is 42.3 Å². The molecule has 168 valence electrons. The van der Waals surface area contributed by atoms with Gasteiger partial charge in [-0.15, -0.1) is 4.76 Å². The van der Waals surface area contributed by atoms with E-state index >= 15 is 0 Å². The lowest BCUT2D eigenvalue weighted by molar-refractivity contribution is 0.287. The zero-order valence-corrected chi connectivity index (χ0v) is 19.9. The first kappa shape index (κ1) is 23.6. The summed E-state index contributed by atoms with van der Waals surface area (Å²) in [6, 6.07) is 23.9. The van der Waals surface area contributed by atoms with Gasteiger partial charge in [0, 0.05) is 30.4 Å². The standard InChI is InChI=1S/C25H30N3O3P/c1-20(2)28(21(3)4)25(19-22-13-11-12-18-26-22)27-32(29,30-23-14-7-5-8-15-23)31-24-16-9-6-10-17-24/h5-18,20-21H,19H2,1-4H3/b27-25-. The van der Waals surface area contributed by atoms with Gasteiger partial charge in [0.2, 0.25) is 0 Å². The van der Waals surface area contributed by atoms with Gasteiger partial charge in [-0.05, 0) is 64.1 Å². The molecule has 7 heteroatoms. The third-order valence-corrected chi connectivity index (χ3v) is 6.00. The molecule has 0 saturated heterocycles. The predicted molar refractivity (Wildman–Crippen MR) is 129 cm³/mol. The molecule has 0 aliphatic rings. The van der Waals surface area contributed by atoms with Gasteiger partial charge in [-0.1, -0.05) is 42.5 Å². The summed E-state index contributed by atoms with van der Waals surface area (Å²) in [5, 5.41) is 0. The Kier molecular flexibility index (Phi) is 8.07. The fourth-order valence-electron chi connectivity index (χ4n) is 3.47. The van der Waals surface area contributed by atoms with E-state index in [0.29, 0.717) is 23.8 Å². The van der Waals surface area contributed by atoms with E-state index in [9.17, 15) is 4.57 Å². The van der Waals surface area contributed by atoms with Crippen molar-refractivity contribution in [3.8, 4) is 11.5 Å². The van der Waals surface area contributed by atoms with Crippen molar-refractivity contribution in [1.29, 1.82) is 0 Å². The van der Waals surface area contributed by atoms with Gasteiger partial charge in [0.05, 0.1) is 0 Å². The molecule has 0 N–H and O–H groups in total. The highest BCUT2D eigenvalue weighted by atomic mass is 31.2. The Morgan fingerprint density at radius 1 is 0.844 bits per heavy atom. The zero-order chi connectivity index (χ0) is 23.0. The first-order valence-electron chi connectivity index (χ1n) is 10.7. The Bertz CT molecular complexity index is 988. The van der Waals surface area contributed by atoms with Crippen molar-refractivity contribution in [3.05, 3.63) is 90.8 Å². The van der Waals surface area contributed by atoms with Crippen LogP contribution >= 0.6 is 7.75 Å². The summed E-state index contributed by atoms with van der Waals surface area (Å²) >= 11 is 0. The second kappa shape index (κ2) is 11.0. The maximum absolute atomic E-state index is 14.0. The third-order valence-electron chi connectivity index (χ3n) is 4.64. The molecule has 0 amide bonds. The normalized spacial score (nSPS) is 12.1. The number of benzene rings is 2. The van der Waals surface area contributed by atoms with Crippen molar-refractivity contribution in [2.75, 3.05) is 0 Å². The lowest BCUT2D eigenvalue weighted by Gasteiger charge is -2.34. The Morgan fingerprint density at radius 3 is 1.78 bits per heavy atom. The van der Waals surface area contributed by atoms with Crippen molar-refractivity contribution < 1.29 is 13.6 Å². The van der Waals surface area contributed by atoms with E-state index in [4.69, 9.17) is 9.05 Å². The zero-order valence-electron chi connectivity index (χ0n) is 19.0. The molecule has 2 aromatic carbocycles. The van der Waals surface area contributed by atoms with Crippen LogP contribution in [0.3, 0.4) is 0 Å². The highest BCUT2D eigenvalue weighted by Crippen LogP contribution is 2.50. The molecule has 0 spiro atoms. The van der Waals surface area contributed by atoms with E-state index in [0.717, 1.165) is 5.69 Å². The van der Waals surface area contributed by atoms with Gasteiger partial charge in [-0.25, -0.2) is 4.57 Å². The van der Waals surface area contributed by atoms with E-state index < -0.39 is 7.75 Å². The summed E-state index contributed by atoms with van der Waals surface area (Å²) in [5.74, 6) is 1.45. The maximum atomic E-state index is 14.0. The molecule has 0 fully saturated rings. The smallest absolute Gasteiger partial charge is 0.399 e. The molecule has 0 aliphatic carbocycles. The third kappa shape index (κ3) is 6.69.